The number of thioether (sulfide) groups is 1. The van der Waals surface area contributed by atoms with Gasteiger partial charge in [0.1, 0.15) is 0 Å². The van der Waals surface area contributed by atoms with Crippen LogP contribution >= 0.6 is 11.8 Å². The van der Waals surface area contributed by atoms with Crippen LogP contribution in [0, 0.1) is 5.92 Å². The Morgan fingerprint density at radius 3 is 2.48 bits per heavy atom. The second kappa shape index (κ2) is 8.60. The van der Waals surface area contributed by atoms with E-state index in [2.05, 4.69) is 5.32 Å². The predicted molar refractivity (Wildman–Crippen MR) is 91.2 cm³/mol. The highest BCUT2D eigenvalue weighted by Crippen LogP contribution is 2.40. The summed E-state index contributed by atoms with van der Waals surface area (Å²) in [5, 5.41) is 2.61. The predicted octanol–water partition coefficient (Wildman–Crippen LogP) is 4.28. The van der Waals surface area contributed by atoms with Crippen LogP contribution in [0.5, 0.6) is 0 Å². The average molecular weight is 374 g/mol. The summed E-state index contributed by atoms with van der Waals surface area (Å²) in [4.78, 5) is 26.0. The van der Waals surface area contributed by atoms with Gasteiger partial charge in [0.15, 0.2) is 0 Å². The molecule has 1 aromatic carbocycles. The fourth-order valence-corrected chi connectivity index (χ4v) is 3.41. The number of nitrogens with zero attached hydrogens (tertiary/aromatic N) is 1. The smallest absolute Gasteiger partial charge is 0.343 e. The van der Waals surface area contributed by atoms with Crippen molar-refractivity contribution in [3.05, 3.63) is 24.3 Å². The lowest BCUT2D eigenvalue weighted by Gasteiger charge is -2.31. The van der Waals surface area contributed by atoms with E-state index in [1.807, 2.05) is 6.92 Å². The van der Waals surface area contributed by atoms with Gasteiger partial charge >= 0.3 is 5.51 Å². The first-order valence-corrected chi connectivity index (χ1v) is 9.05. The molecule has 0 saturated carbocycles. The summed E-state index contributed by atoms with van der Waals surface area (Å²) in [7, 11) is 0. The number of para-hydroxylation sites is 1. The summed E-state index contributed by atoms with van der Waals surface area (Å²) in [6.45, 7) is 2.96. The van der Waals surface area contributed by atoms with E-state index in [9.17, 15) is 22.8 Å². The number of likely N-dealkylation sites (tertiary alicyclic amines) is 1. The van der Waals surface area contributed by atoms with Gasteiger partial charge < -0.3 is 10.2 Å². The zero-order chi connectivity index (χ0) is 18.4. The Morgan fingerprint density at radius 1 is 1.24 bits per heavy atom. The van der Waals surface area contributed by atoms with Gasteiger partial charge in [-0.15, -0.1) is 0 Å². The highest BCUT2D eigenvalue weighted by Gasteiger charge is 2.31. The number of alkyl halides is 3. The first-order chi connectivity index (χ1) is 11.8. The van der Waals surface area contributed by atoms with E-state index >= 15 is 0 Å². The fourth-order valence-electron chi connectivity index (χ4n) is 2.78. The first kappa shape index (κ1) is 19.6. The van der Waals surface area contributed by atoms with Crippen molar-refractivity contribution >= 4 is 29.3 Å². The number of anilines is 1. The maximum absolute atomic E-state index is 12.6. The largest absolute Gasteiger partial charge is 0.446 e. The highest BCUT2D eigenvalue weighted by molar-refractivity contribution is 8.00. The van der Waals surface area contributed by atoms with Gasteiger partial charge in [0.05, 0.1) is 5.69 Å². The minimum atomic E-state index is -4.41. The molecule has 4 nitrogen and oxygen atoms in total. The standard InChI is InChI=1S/C17H21F3N2O2S/c1-2-5-15(23)22-10-8-12(9-11-22)16(24)21-13-6-3-4-7-14(13)25-17(18,19)20/h3-4,6-7,12H,2,5,8-11H2,1H3,(H,21,24). The van der Waals surface area contributed by atoms with Crippen molar-refractivity contribution in [3.63, 3.8) is 0 Å². The normalized spacial score (nSPS) is 15.9. The second-order valence-electron chi connectivity index (χ2n) is 5.94. The van der Waals surface area contributed by atoms with Crippen molar-refractivity contribution in [2.24, 2.45) is 5.92 Å². The zero-order valence-electron chi connectivity index (χ0n) is 13.9. The van der Waals surface area contributed by atoms with Gasteiger partial charge in [-0.05, 0) is 43.2 Å². The molecule has 1 fully saturated rings. The molecule has 0 atom stereocenters. The summed E-state index contributed by atoms with van der Waals surface area (Å²) in [6.07, 6.45) is 2.33. The maximum Gasteiger partial charge on any atom is 0.446 e. The summed E-state index contributed by atoms with van der Waals surface area (Å²) in [6, 6.07) is 5.88. The molecule has 1 heterocycles. The SMILES string of the molecule is CCCC(=O)N1CCC(C(=O)Nc2ccccc2SC(F)(F)F)CC1. The van der Waals surface area contributed by atoms with Crippen LogP contribution in [0.2, 0.25) is 0 Å². The lowest BCUT2D eigenvalue weighted by molar-refractivity contribution is -0.134. The van der Waals surface area contributed by atoms with Crippen LogP contribution in [-0.4, -0.2) is 35.3 Å². The third kappa shape index (κ3) is 5.95. The minimum absolute atomic E-state index is 0.0288. The van der Waals surface area contributed by atoms with Crippen molar-refractivity contribution in [1.29, 1.82) is 0 Å². The molecule has 25 heavy (non-hydrogen) atoms. The molecule has 0 spiro atoms. The van der Waals surface area contributed by atoms with Crippen LogP contribution < -0.4 is 5.32 Å². The number of rotatable bonds is 5. The van der Waals surface area contributed by atoms with Crippen molar-refractivity contribution in [2.75, 3.05) is 18.4 Å². The summed E-state index contributed by atoms with van der Waals surface area (Å²) in [5.74, 6) is -0.499. The van der Waals surface area contributed by atoms with E-state index in [0.29, 0.717) is 32.4 Å². The Labute approximate surface area is 149 Å². The Bertz CT molecular complexity index is 614. The van der Waals surface area contributed by atoms with Crippen LogP contribution in [-0.2, 0) is 9.59 Å². The van der Waals surface area contributed by atoms with Crippen LogP contribution in [0.15, 0.2) is 29.2 Å². The van der Waals surface area contributed by atoms with Crippen LogP contribution in [0.1, 0.15) is 32.6 Å². The zero-order valence-corrected chi connectivity index (χ0v) is 14.8. The van der Waals surface area contributed by atoms with E-state index < -0.39 is 5.51 Å². The Hall–Kier alpha value is -1.70. The number of amides is 2. The van der Waals surface area contributed by atoms with Crippen molar-refractivity contribution < 1.29 is 22.8 Å². The Kier molecular flexibility index (Phi) is 6.75. The lowest BCUT2D eigenvalue weighted by Crippen LogP contribution is -2.41. The van der Waals surface area contributed by atoms with Gasteiger partial charge in [0.2, 0.25) is 11.8 Å². The molecule has 0 radical (unpaired) electrons. The fraction of sp³-hybridized carbons (Fsp3) is 0.529. The summed E-state index contributed by atoms with van der Waals surface area (Å²) >= 11 is -0.242. The number of hydrogen-bond acceptors (Lipinski definition) is 3. The second-order valence-corrected chi connectivity index (χ2v) is 7.05. The van der Waals surface area contributed by atoms with Crippen LogP contribution in [0.25, 0.3) is 0 Å². The van der Waals surface area contributed by atoms with Gasteiger partial charge in [-0.25, -0.2) is 0 Å². The number of piperidine rings is 1. The molecule has 1 N–H and O–H groups in total. The molecule has 1 aliphatic rings. The Balaban J connectivity index is 1.94. The molecule has 0 aliphatic carbocycles. The summed E-state index contributed by atoms with van der Waals surface area (Å²) in [5.41, 5.74) is -4.24. The average Bonchev–Trinajstić information content (AvgIpc) is 2.55. The summed E-state index contributed by atoms with van der Waals surface area (Å²) < 4.78 is 37.8. The minimum Gasteiger partial charge on any atom is -0.343 e. The topological polar surface area (TPSA) is 49.4 Å². The number of benzene rings is 1. The molecule has 1 aromatic rings. The number of carbonyl (C=O) groups excluding carboxylic acids is 2. The van der Waals surface area contributed by atoms with Crippen molar-refractivity contribution in [3.8, 4) is 0 Å². The lowest BCUT2D eigenvalue weighted by atomic mass is 9.95. The molecule has 138 valence electrons. The van der Waals surface area contributed by atoms with Crippen LogP contribution in [0.4, 0.5) is 18.9 Å². The number of hydrogen-bond donors (Lipinski definition) is 1. The third-order valence-electron chi connectivity index (χ3n) is 4.05. The van der Waals surface area contributed by atoms with E-state index in [1.165, 1.54) is 18.2 Å². The molecule has 8 heteroatoms. The molecular weight excluding hydrogens is 353 g/mol. The molecule has 0 aromatic heterocycles. The molecular formula is C17H21F3N2O2S. The quantitative estimate of drug-likeness (QED) is 0.783. The van der Waals surface area contributed by atoms with Crippen LogP contribution in [0.3, 0.4) is 0 Å². The highest BCUT2D eigenvalue weighted by atomic mass is 32.2. The van der Waals surface area contributed by atoms with Gasteiger partial charge in [-0.3, -0.25) is 9.59 Å². The molecule has 1 saturated heterocycles. The van der Waals surface area contributed by atoms with E-state index in [0.717, 1.165) is 6.42 Å². The van der Waals surface area contributed by atoms with Gasteiger partial charge in [0, 0.05) is 30.3 Å². The van der Waals surface area contributed by atoms with Gasteiger partial charge in [0.25, 0.3) is 0 Å². The van der Waals surface area contributed by atoms with Crippen molar-refractivity contribution in [1.82, 2.24) is 4.90 Å². The van der Waals surface area contributed by atoms with Gasteiger partial charge in [-0.2, -0.15) is 13.2 Å². The van der Waals surface area contributed by atoms with Gasteiger partial charge in [-0.1, -0.05) is 19.1 Å². The van der Waals surface area contributed by atoms with Crippen molar-refractivity contribution in [2.45, 2.75) is 43.0 Å². The molecule has 0 bridgehead atoms. The molecule has 2 rings (SSSR count). The maximum atomic E-state index is 12.6. The van der Waals surface area contributed by atoms with E-state index in [4.69, 9.17) is 0 Å². The third-order valence-corrected chi connectivity index (χ3v) is 4.86. The monoisotopic (exact) mass is 374 g/mol. The molecule has 0 unspecified atom stereocenters. The van der Waals surface area contributed by atoms with E-state index in [-0.39, 0.29) is 40.1 Å². The molecule has 1 aliphatic heterocycles. The Morgan fingerprint density at radius 2 is 1.88 bits per heavy atom. The number of halogens is 3. The number of nitrogens with one attached hydrogen (secondary N) is 1. The first-order valence-electron chi connectivity index (χ1n) is 8.23. The molecule has 2 amide bonds. The number of carbonyl (C=O) groups is 2. The van der Waals surface area contributed by atoms with E-state index in [1.54, 1.807) is 11.0 Å².